The van der Waals surface area contributed by atoms with Gasteiger partial charge >= 0.3 is 0 Å². The van der Waals surface area contributed by atoms with Crippen molar-refractivity contribution in [1.29, 1.82) is 0 Å². The molecule has 0 aliphatic rings. The molecule has 5 heteroatoms. The number of anilines is 1. The molecule has 0 aliphatic carbocycles. The van der Waals surface area contributed by atoms with Crippen LogP contribution < -0.4 is 5.73 Å². The normalized spacial score (nSPS) is 11.2. The predicted octanol–water partition coefficient (Wildman–Crippen LogP) is 2.19. The van der Waals surface area contributed by atoms with Crippen LogP contribution in [0.25, 0.3) is 12.2 Å². The van der Waals surface area contributed by atoms with Crippen molar-refractivity contribution in [3.8, 4) is 0 Å². The quantitative estimate of drug-likeness (QED) is 0.819. The Morgan fingerprint density at radius 1 is 1.50 bits per heavy atom. The van der Waals surface area contributed by atoms with Crippen LogP contribution in [0.4, 0.5) is 5.13 Å². The summed E-state index contributed by atoms with van der Waals surface area (Å²) < 4.78 is 5.05. The highest BCUT2D eigenvalue weighted by molar-refractivity contribution is 7.13. The molecular weight excluding hydrogens is 198 g/mol. The minimum atomic E-state index is 0.571. The van der Waals surface area contributed by atoms with Crippen LogP contribution >= 0.6 is 11.3 Å². The van der Waals surface area contributed by atoms with Crippen LogP contribution in [0.1, 0.15) is 17.1 Å². The first-order valence-corrected chi connectivity index (χ1v) is 4.93. The number of aromatic nitrogens is 2. The van der Waals surface area contributed by atoms with Crippen molar-refractivity contribution in [3.63, 3.8) is 0 Å². The Kier molecular flexibility index (Phi) is 2.32. The van der Waals surface area contributed by atoms with E-state index in [4.69, 9.17) is 10.2 Å². The van der Waals surface area contributed by atoms with E-state index in [0.29, 0.717) is 5.13 Å². The van der Waals surface area contributed by atoms with E-state index in [2.05, 4.69) is 9.97 Å². The summed E-state index contributed by atoms with van der Waals surface area (Å²) >= 11 is 1.42. The van der Waals surface area contributed by atoms with E-state index in [1.807, 2.05) is 24.5 Å². The first kappa shape index (κ1) is 8.96. The Bertz CT molecular complexity index is 458. The van der Waals surface area contributed by atoms with Crippen LogP contribution in [0.2, 0.25) is 0 Å². The van der Waals surface area contributed by atoms with Gasteiger partial charge in [-0.15, -0.1) is 11.3 Å². The van der Waals surface area contributed by atoms with Crippen molar-refractivity contribution in [1.82, 2.24) is 9.97 Å². The summed E-state index contributed by atoms with van der Waals surface area (Å²) in [4.78, 5) is 8.12. The van der Waals surface area contributed by atoms with Crippen molar-refractivity contribution < 1.29 is 4.42 Å². The third-order valence-corrected chi connectivity index (χ3v) is 2.43. The van der Waals surface area contributed by atoms with Gasteiger partial charge in [-0.25, -0.2) is 9.97 Å². The number of thiazole rings is 1. The van der Waals surface area contributed by atoms with Crippen LogP contribution in [-0.2, 0) is 0 Å². The first-order valence-electron chi connectivity index (χ1n) is 4.05. The number of aryl methyl sites for hydroxylation is 1. The van der Waals surface area contributed by atoms with Crippen molar-refractivity contribution in [2.24, 2.45) is 0 Å². The number of hydrogen-bond acceptors (Lipinski definition) is 5. The zero-order chi connectivity index (χ0) is 9.97. The maximum absolute atomic E-state index is 5.50. The Morgan fingerprint density at radius 3 is 2.93 bits per heavy atom. The Labute approximate surface area is 85.1 Å². The van der Waals surface area contributed by atoms with Crippen molar-refractivity contribution in [2.75, 3.05) is 5.73 Å². The summed E-state index contributed by atoms with van der Waals surface area (Å²) in [5.41, 5.74) is 7.16. The number of nitrogens with zero attached hydrogens (tertiary/aromatic N) is 2. The number of rotatable bonds is 2. The minimum Gasteiger partial charge on any atom is -0.448 e. The van der Waals surface area contributed by atoms with E-state index in [0.717, 1.165) is 17.1 Å². The summed E-state index contributed by atoms with van der Waals surface area (Å²) in [5, 5.41) is 2.46. The molecule has 0 spiro atoms. The Morgan fingerprint density at radius 2 is 2.36 bits per heavy atom. The zero-order valence-electron chi connectivity index (χ0n) is 7.60. The molecule has 0 unspecified atom stereocenters. The van der Waals surface area contributed by atoms with E-state index >= 15 is 0 Å². The lowest BCUT2D eigenvalue weighted by Crippen LogP contribution is -1.81. The lowest BCUT2D eigenvalue weighted by atomic mass is 10.3. The number of oxazole rings is 1. The maximum atomic E-state index is 5.50. The van der Waals surface area contributed by atoms with Gasteiger partial charge in [0.2, 0.25) is 0 Å². The summed E-state index contributed by atoms with van der Waals surface area (Å²) in [6, 6.07) is 0. The molecular formula is C9H9N3OS. The highest BCUT2D eigenvalue weighted by Crippen LogP contribution is 2.14. The molecule has 0 radical (unpaired) electrons. The lowest BCUT2D eigenvalue weighted by molar-refractivity contribution is 0.526. The standard InChI is InChI=1S/C9H9N3OS/c1-6-8(11-5-13-6)3-2-7-4-14-9(10)12-7/h2-5H,1H3,(H2,10,12)/b3-2+. The van der Waals surface area contributed by atoms with Gasteiger partial charge in [-0.1, -0.05) is 0 Å². The lowest BCUT2D eigenvalue weighted by Gasteiger charge is -1.85. The molecule has 0 fully saturated rings. The smallest absolute Gasteiger partial charge is 0.181 e. The molecule has 14 heavy (non-hydrogen) atoms. The van der Waals surface area contributed by atoms with E-state index in [1.165, 1.54) is 17.7 Å². The van der Waals surface area contributed by atoms with E-state index < -0.39 is 0 Å². The van der Waals surface area contributed by atoms with Crippen molar-refractivity contribution >= 4 is 28.6 Å². The highest BCUT2D eigenvalue weighted by atomic mass is 32.1. The molecule has 2 aromatic rings. The third kappa shape index (κ3) is 1.82. The van der Waals surface area contributed by atoms with Gasteiger partial charge in [0.1, 0.15) is 11.5 Å². The van der Waals surface area contributed by atoms with Crippen LogP contribution in [0.15, 0.2) is 16.2 Å². The second-order valence-corrected chi connectivity index (χ2v) is 3.63. The molecule has 2 aromatic heterocycles. The van der Waals surface area contributed by atoms with Crippen LogP contribution in [-0.4, -0.2) is 9.97 Å². The van der Waals surface area contributed by atoms with E-state index in [-0.39, 0.29) is 0 Å². The van der Waals surface area contributed by atoms with Gasteiger partial charge in [0.15, 0.2) is 11.5 Å². The van der Waals surface area contributed by atoms with Gasteiger partial charge in [0.05, 0.1) is 5.69 Å². The molecule has 0 bridgehead atoms. The molecule has 2 rings (SSSR count). The fraction of sp³-hybridized carbons (Fsp3) is 0.111. The number of hydrogen-bond donors (Lipinski definition) is 1. The second kappa shape index (κ2) is 3.63. The molecule has 0 amide bonds. The van der Waals surface area contributed by atoms with E-state index in [9.17, 15) is 0 Å². The maximum Gasteiger partial charge on any atom is 0.181 e. The number of nitrogen functional groups attached to an aromatic ring is 1. The van der Waals surface area contributed by atoms with Gasteiger partial charge in [-0.05, 0) is 19.1 Å². The molecule has 0 saturated heterocycles. The van der Waals surface area contributed by atoms with Crippen LogP contribution in [0, 0.1) is 6.92 Å². The SMILES string of the molecule is Cc1ocnc1/C=C/c1csc(N)n1. The average Bonchev–Trinajstić information content (AvgIpc) is 2.72. The molecule has 0 atom stereocenters. The molecule has 4 nitrogen and oxygen atoms in total. The third-order valence-electron chi connectivity index (χ3n) is 1.73. The van der Waals surface area contributed by atoms with Gasteiger partial charge in [0, 0.05) is 5.38 Å². The molecule has 0 aliphatic heterocycles. The first-order chi connectivity index (χ1) is 6.75. The highest BCUT2D eigenvalue weighted by Gasteiger charge is 1.98. The van der Waals surface area contributed by atoms with Gasteiger partial charge in [-0.2, -0.15) is 0 Å². The predicted molar refractivity (Wildman–Crippen MR) is 56.7 cm³/mol. The average molecular weight is 207 g/mol. The van der Waals surface area contributed by atoms with E-state index in [1.54, 1.807) is 0 Å². The molecule has 2 heterocycles. The monoisotopic (exact) mass is 207 g/mol. The zero-order valence-corrected chi connectivity index (χ0v) is 8.41. The summed E-state index contributed by atoms with van der Waals surface area (Å²) in [6.45, 7) is 1.86. The van der Waals surface area contributed by atoms with Crippen LogP contribution in [0.3, 0.4) is 0 Å². The van der Waals surface area contributed by atoms with Gasteiger partial charge in [0.25, 0.3) is 0 Å². The largest absolute Gasteiger partial charge is 0.448 e. The Hall–Kier alpha value is -1.62. The van der Waals surface area contributed by atoms with Crippen molar-refractivity contribution in [3.05, 3.63) is 28.9 Å². The summed E-state index contributed by atoms with van der Waals surface area (Å²) in [7, 11) is 0. The summed E-state index contributed by atoms with van der Waals surface area (Å²) in [6.07, 6.45) is 5.13. The fourth-order valence-electron chi connectivity index (χ4n) is 1.02. The molecule has 0 saturated carbocycles. The topological polar surface area (TPSA) is 64.9 Å². The van der Waals surface area contributed by atoms with Crippen LogP contribution in [0.5, 0.6) is 0 Å². The molecule has 2 N–H and O–H groups in total. The summed E-state index contributed by atoms with van der Waals surface area (Å²) in [5.74, 6) is 0.796. The van der Waals surface area contributed by atoms with Gasteiger partial charge in [-0.3, -0.25) is 0 Å². The fourth-order valence-corrected chi connectivity index (χ4v) is 1.55. The minimum absolute atomic E-state index is 0.571. The Balaban J connectivity index is 2.19. The molecule has 72 valence electrons. The van der Waals surface area contributed by atoms with Gasteiger partial charge < -0.3 is 10.2 Å². The number of nitrogens with two attached hydrogens (primary N) is 1. The van der Waals surface area contributed by atoms with Crippen molar-refractivity contribution in [2.45, 2.75) is 6.92 Å². The molecule has 0 aromatic carbocycles. The second-order valence-electron chi connectivity index (χ2n) is 2.74.